The molecule has 1 aromatic heterocycles. The van der Waals surface area contributed by atoms with Gasteiger partial charge in [-0.2, -0.15) is 0 Å². The third-order valence-electron chi connectivity index (χ3n) is 5.07. The van der Waals surface area contributed by atoms with E-state index >= 15 is 0 Å². The number of hydrogen-bond donors (Lipinski definition) is 0. The Morgan fingerprint density at radius 1 is 1.03 bits per heavy atom. The first-order chi connectivity index (χ1) is 14.5. The van der Waals surface area contributed by atoms with Gasteiger partial charge in [0.1, 0.15) is 5.75 Å². The molecule has 1 aliphatic heterocycles. The largest absolute Gasteiger partial charge is 0.497 e. The molecule has 0 unspecified atom stereocenters. The van der Waals surface area contributed by atoms with Gasteiger partial charge in [0.25, 0.3) is 5.91 Å². The molecule has 30 heavy (non-hydrogen) atoms. The summed E-state index contributed by atoms with van der Waals surface area (Å²) in [6, 6.07) is 17.0. The molecule has 4 rings (SSSR count). The second-order valence-corrected chi connectivity index (χ2v) is 8.24. The van der Waals surface area contributed by atoms with Gasteiger partial charge in [0, 0.05) is 36.2 Å². The summed E-state index contributed by atoms with van der Waals surface area (Å²) in [4.78, 5) is 16.8. The first kappa shape index (κ1) is 20.6. The molecule has 1 fully saturated rings. The monoisotopic (exact) mass is 486 g/mol. The summed E-state index contributed by atoms with van der Waals surface area (Å²) in [6.45, 7) is 2.57. The summed E-state index contributed by atoms with van der Waals surface area (Å²) in [7, 11) is 1.64. The fraction of sp³-hybridized carbons (Fsp3) is 0.227. The molecule has 3 aromatic rings. The van der Waals surface area contributed by atoms with Crippen LogP contribution in [0.2, 0.25) is 5.02 Å². The van der Waals surface area contributed by atoms with Crippen molar-refractivity contribution in [2.24, 2.45) is 0 Å². The van der Waals surface area contributed by atoms with E-state index < -0.39 is 0 Å². The minimum absolute atomic E-state index is 0.0552. The van der Waals surface area contributed by atoms with E-state index in [9.17, 15) is 4.79 Å². The van der Waals surface area contributed by atoms with Gasteiger partial charge in [0.15, 0.2) is 5.82 Å². The van der Waals surface area contributed by atoms with Crippen LogP contribution in [0.3, 0.4) is 0 Å². The average molecular weight is 488 g/mol. The molecule has 0 radical (unpaired) electrons. The summed E-state index contributed by atoms with van der Waals surface area (Å²) in [5.74, 6) is 1.53. The molecule has 6 nitrogen and oxygen atoms in total. The quantitative estimate of drug-likeness (QED) is 0.541. The maximum atomic E-state index is 12.8. The predicted octanol–water partition coefficient (Wildman–Crippen LogP) is 4.53. The maximum Gasteiger partial charge on any atom is 0.255 e. The van der Waals surface area contributed by atoms with Gasteiger partial charge in [-0.3, -0.25) is 4.79 Å². The van der Waals surface area contributed by atoms with Crippen molar-refractivity contribution >= 4 is 39.3 Å². The number of piperazine rings is 1. The van der Waals surface area contributed by atoms with Crippen molar-refractivity contribution in [3.8, 4) is 17.0 Å². The molecule has 0 atom stereocenters. The molecule has 8 heteroatoms. The van der Waals surface area contributed by atoms with Crippen LogP contribution in [0.1, 0.15) is 10.4 Å². The molecule has 0 saturated carbocycles. The van der Waals surface area contributed by atoms with Crippen LogP contribution in [0.5, 0.6) is 5.75 Å². The molecule has 0 spiro atoms. The summed E-state index contributed by atoms with van der Waals surface area (Å²) in [5, 5.41) is 9.23. The maximum absolute atomic E-state index is 12.8. The zero-order chi connectivity index (χ0) is 21.1. The van der Waals surface area contributed by atoms with E-state index in [0.717, 1.165) is 27.3 Å². The highest BCUT2D eigenvalue weighted by Gasteiger charge is 2.24. The molecule has 0 bridgehead atoms. The van der Waals surface area contributed by atoms with Gasteiger partial charge in [-0.1, -0.05) is 39.7 Å². The second-order valence-electron chi connectivity index (χ2n) is 6.91. The number of aromatic nitrogens is 2. The summed E-state index contributed by atoms with van der Waals surface area (Å²) in [6.07, 6.45) is 0. The number of carbonyl (C=O) groups is 1. The third kappa shape index (κ3) is 4.42. The van der Waals surface area contributed by atoms with E-state index in [-0.39, 0.29) is 5.91 Å². The Morgan fingerprint density at radius 2 is 1.83 bits per heavy atom. The van der Waals surface area contributed by atoms with Crippen LogP contribution < -0.4 is 9.64 Å². The van der Waals surface area contributed by atoms with E-state index in [2.05, 4.69) is 31.0 Å². The summed E-state index contributed by atoms with van der Waals surface area (Å²) in [5.41, 5.74) is 2.26. The average Bonchev–Trinajstić information content (AvgIpc) is 2.80. The van der Waals surface area contributed by atoms with Crippen molar-refractivity contribution in [1.82, 2.24) is 15.1 Å². The highest BCUT2D eigenvalue weighted by atomic mass is 79.9. The van der Waals surface area contributed by atoms with Gasteiger partial charge < -0.3 is 14.5 Å². The molecule has 2 heterocycles. The van der Waals surface area contributed by atoms with Crippen molar-refractivity contribution in [3.63, 3.8) is 0 Å². The molecule has 1 saturated heterocycles. The highest BCUT2D eigenvalue weighted by molar-refractivity contribution is 9.10. The summed E-state index contributed by atoms with van der Waals surface area (Å²) < 4.78 is 6.10. The van der Waals surface area contributed by atoms with Crippen molar-refractivity contribution in [2.45, 2.75) is 0 Å². The molecule has 154 valence electrons. The SMILES string of the molecule is COc1cccc(-c2ccc(N3CCN(C(=O)c4cc(Br)ccc4Cl)CC3)nn2)c1. The lowest BCUT2D eigenvalue weighted by Crippen LogP contribution is -2.49. The first-order valence-electron chi connectivity index (χ1n) is 9.52. The lowest BCUT2D eigenvalue weighted by molar-refractivity contribution is 0.0746. The van der Waals surface area contributed by atoms with Gasteiger partial charge in [0.05, 0.1) is 23.4 Å². The molecule has 0 N–H and O–H groups in total. The molecule has 1 aliphatic rings. The van der Waals surface area contributed by atoms with Crippen LogP contribution >= 0.6 is 27.5 Å². The van der Waals surface area contributed by atoms with Crippen molar-refractivity contribution in [1.29, 1.82) is 0 Å². The number of rotatable bonds is 4. The predicted molar refractivity (Wildman–Crippen MR) is 121 cm³/mol. The van der Waals surface area contributed by atoms with E-state index in [1.165, 1.54) is 0 Å². The Bertz CT molecular complexity index is 1050. The number of amides is 1. The fourth-order valence-corrected chi connectivity index (χ4v) is 3.96. The number of methoxy groups -OCH3 is 1. The van der Waals surface area contributed by atoms with Crippen LogP contribution in [-0.4, -0.2) is 54.3 Å². The molecule has 1 amide bonds. The smallest absolute Gasteiger partial charge is 0.255 e. The first-order valence-corrected chi connectivity index (χ1v) is 10.7. The van der Waals surface area contributed by atoms with Crippen LogP contribution in [0.25, 0.3) is 11.3 Å². The Labute approximate surface area is 188 Å². The summed E-state index contributed by atoms with van der Waals surface area (Å²) >= 11 is 9.61. The number of benzene rings is 2. The van der Waals surface area contributed by atoms with E-state index in [1.807, 2.05) is 47.4 Å². The van der Waals surface area contributed by atoms with Gasteiger partial charge in [-0.05, 0) is 42.5 Å². The number of halogens is 2. The zero-order valence-electron chi connectivity index (χ0n) is 16.4. The number of anilines is 1. The van der Waals surface area contributed by atoms with Crippen molar-refractivity contribution in [3.05, 3.63) is 69.7 Å². The minimum atomic E-state index is -0.0552. The van der Waals surface area contributed by atoms with E-state index in [1.54, 1.807) is 19.2 Å². The number of nitrogens with zero attached hydrogens (tertiary/aromatic N) is 4. The van der Waals surface area contributed by atoms with Gasteiger partial charge >= 0.3 is 0 Å². The molecule has 0 aliphatic carbocycles. The van der Waals surface area contributed by atoms with Gasteiger partial charge in [0.2, 0.25) is 0 Å². The van der Waals surface area contributed by atoms with E-state index in [4.69, 9.17) is 16.3 Å². The van der Waals surface area contributed by atoms with Crippen LogP contribution in [0, 0.1) is 0 Å². The van der Waals surface area contributed by atoms with E-state index in [0.29, 0.717) is 36.8 Å². The fourth-order valence-electron chi connectivity index (χ4n) is 3.40. The Kier molecular flexibility index (Phi) is 6.20. The standard InChI is InChI=1S/C22H20BrClN4O2/c1-30-17-4-2-3-15(13-17)20-7-8-21(26-25-20)27-9-11-28(12-10-27)22(29)18-14-16(23)5-6-19(18)24/h2-8,13-14H,9-12H2,1H3. The van der Waals surface area contributed by atoms with Crippen LogP contribution in [0.15, 0.2) is 59.1 Å². The Hall–Kier alpha value is -2.64. The number of ether oxygens (including phenoxy) is 1. The lowest BCUT2D eigenvalue weighted by atomic mass is 10.1. The molecule has 2 aromatic carbocycles. The highest BCUT2D eigenvalue weighted by Crippen LogP contribution is 2.25. The van der Waals surface area contributed by atoms with Gasteiger partial charge in [-0.15, -0.1) is 10.2 Å². The van der Waals surface area contributed by atoms with Crippen LogP contribution in [0.4, 0.5) is 5.82 Å². The van der Waals surface area contributed by atoms with Gasteiger partial charge in [-0.25, -0.2) is 0 Å². The normalized spacial score (nSPS) is 14.0. The molecular weight excluding hydrogens is 468 g/mol. The Balaban J connectivity index is 1.41. The lowest BCUT2D eigenvalue weighted by Gasteiger charge is -2.35. The van der Waals surface area contributed by atoms with Crippen LogP contribution in [-0.2, 0) is 0 Å². The molecular formula is C22H20BrClN4O2. The zero-order valence-corrected chi connectivity index (χ0v) is 18.7. The number of hydrogen-bond acceptors (Lipinski definition) is 5. The van der Waals surface area contributed by atoms with Crippen molar-refractivity contribution in [2.75, 3.05) is 38.2 Å². The Morgan fingerprint density at radius 3 is 2.53 bits per heavy atom. The minimum Gasteiger partial charge on any atom is -0.497 e. The topological polar surface area (TPSA) is 58.6 Å². The number of carbonyl (C=O) groups excluding carboxylic acids is 1. The second kappa shape index (κ2) is 9.02. The van der Waals surface area contributed by atoms with Crippen molar-refractivity contribution < 1.29 is 9.53 Å². The third-order valence-corrected chi connectivity index (χ3v) is 5.89.